The first-order valence-electron chi connectivity index (χ1n) is 6.62. The third kappa shape index (κ3) is 2.45. The number of hydrogen-bond donors (Lipinski definition) is 2. The number of carbonyl (C=O) groups is 1. The fourth-order valence-electron chi connectivity index (χ4n) is 2.61. The number of nitrogens with zero attached hydrogens (tertiary/aromatic N) is 1. The molecule has 0 spiro atoms. The molecule has 0 aliphatic heterocycles. The maximum absolute atomic E-state index is 12.0. The van der Waals surface area contributed by atoms with Crippen LogP contribution in [0.3, 0.4) is 0 Å². The van der Waals surface area contributed by atoms with Crippen LogP contribution in [0.15, 0.2) is 16.9 Å². The number of aromatic amines is 1. The lowest BCUT2D eigenvalue weighted by Crippen LogP contribution is -2.22. The van der Waals surface area contributed by atoms with Crippen molar-refractivity contribution >= 4 is 28.6 Å². The van der Waals surface area contributed by atoms with Crippen LogP contribution in [-0.2, 0) is 11.3 Å². The van der Waals surface area contributed by atoms with Gasteiger partial charge in [0.15, 0.2) is 0 Å². The number of benzene rings is 1. The van der Waals surface area contributed by atoms with Gasteiger partial charge in [0.05, 0.1) is 16.1 Å². The van der Waals surface area contributed by atoms with E-state index in [-0.39, 0.29) is 12.5 Å². The molecule has 0 saturated heterocycles. The SMILES string of the molecule is CCC(CC)c1ccc(Cl)c2[nH]c(=O)n(CC(=O)O)c12. The van der Waals surface area contributed by atoms with E-state index in [1.165, 1.54) is 4.57 Å². The largest absolute Gasteiger partial charge is 0.480 e. The van der Waals surface area contributed by atoms with E-state index < -0.39 is 11.7 Å². The van der Waals surface area contributed by atoms with Gasteiger partial charge in [-0.15, -0.1) is 0 Å². The van der Waals surface area contributed by atoms with E-state index in [0.29, 0.717) is 16.1 Å². The first kappa shape index (κ1) is 14.7. The third-order valence-electron chi connectivity index (χ3n) is 3.62. The summed E-state index contributed by atoms with van der Waals surface area (Å²) in [6.45, 7) is 3.77. The topological polar surface area (TPSA) is 75.1 Å². The van der Waals surface area contributed by atoms with E-state index in [2.05, 4.69) is 18.8 Å². The number of fused-ring (bicyclic) bond motifs is 1. The predicted molar refractivity (Wildman–Crippen MR) is 78.5 cm³/mol. The second-order valence-electron chi connectivity index (χ2n) is 4.78. The zero-order chi connectivity index (χ0) is 14.9. The molecule has 20 heavy (non-hydrogen) atoms. The molecule has 0 unspecified atom stereocenters. The molecule has 0 radical (unpaired) electrons. The highest BCUT2D eigenvalue weighted by Crippen LogP contribution is 2.32. The zero-order valence-corrected chi connectivity index (χ0v) is 12.2. The highest BCUT2D eigenvalue weighted by atomic mass is 35.5. The molecular formula is C14H17ClN2O3. The van der Waals surface area contributed by atoms with Crippen LogP contribution >= 0.6 is 11.6 Å². The summed E-state index contributed by atoms with van der Waals surface area (Å²) in [7, 11) is 0. The molecule has 5 nitrogen and oxygen atoms in total. The van der Waals surface area contributed by atoms with Gasteiger partial charge in [-0.1, -0.05) is 31.5 Å². The van der Waals surface area contributed by atoms with Crippen molar-refractivity contribution in [3.63, 3.8) is 0 Å². The van der Waals surface area contributed by atoms with Gasteiger partial charge in [0.2, 0.25) is 0 Å². The standard InChI is InChI=1S/C14H17ClN2O3/c1-3-8(4-2)9-5-6-10(15)12-13(9)17(7-11(18)19)14(20)16-12/h5-6,8H,3-4,7H2,1-2H3,(H,16,20)(H,18,19). The van der Waals surface area contributed by atoms with Gasteiger partial charge in [-0.25, -0.2) is 4.79 Å². The number of aliphatic carboxylic acids is 1. The van der Waals surface area contributed by atoms with Gasteiger partial charge in [-0.3, -0.25) is 9.36 Å². The van der Waals surface area contributed by atoms with Gasteiger partial charge in [0, 0.05) is 0 Å². The van der Waals surface area contributed by atoms with E-state index in [1.54, 1.807) is 6.07 Å². The normalized spacial score (nSPS) is 11.4. The number of H-pyrrole nitrogens is 1. The van der Waals surface area contributed by atoms with Crippen LogP contribution in [0.2, 0.25) is 5.02 Å². The Hall–Kier alpha value is -1.75. The van der Waals surface area contributed by atoms with Gasteiger partial charge in [0.1, 0.15) is 6.54 Å². The molecule has 2 aromatic rings. The Morgan fingerprint density at radius 2 is 2.05 bits per heavy atom. The molecule has 0 saturated carbocycles. The minimum absolute atomic E-state index is 0.269. The molecule has 6 heteroatoms. The maximum atomic E-state index is 12.0. The van der Waals surface area contributed by atoms with Crippen molar-refractivity contribution in [1.29, 1.82) is 0 Å². The Morgan fingerprint density at radius 3 is 2.60 bits per heavy atom. The average molecular weight is 297 g/mol. The first-order valence-corrected chi connectivity index (χ1v) is 7.00. The van der Waals surface area contributed by atoms with Crippen LogP contribution < -0.4 is 5.69 Å². The van der Waals surface area contributed by atoms with E-state index in [9.17, 15) is 9.59 Å². The second kappa shape index (κ2) is 5.71. The molecule has 0 amide bonds. The Bertz CT molecular complexity index is 698. The average Bonchev–Trinajstić information content (AvgIpc) is 2.71. The van der Waals surface area contributed by atoms with Crippen LogP contribution in [0.4, 0.5) is 0 Å². The Balaban J connectivity index is 2.79. The van der Waals surface area contributed by atoms with E-state index in [4.69, 9.17) is 16.7 Å². The minimum Gasteiger partial charge on any atom is -0.480 e. The number of carboxylic acid groups (broad SMARTS) is 1. The third-order valence-corrected chi connectivity index (χ3v) is 3.94. The molecule has 108 valence electrons. The van der Waals surface area contributed by atoms with Crippen molar-refractivity contribution < 1.29 is 9.90 Å². The summed E-state index contributed by atoms with van der Waals surface area (Å²) in [6, 6.07) is 3.63. The van der Waals surface area contributed by atoms with E-state index >= 15 is 0 Å². The van der Waals surface area contributed by atoms with Crippen molar-refractivity contribution in [3.8, 4) is 0 Å². The lowest BCUT2D eigenvalue weighted by Gasteiger charge is -2.15. The minimum atomic E-state index is -1.05. The number of nitrogens with one attached hydrogen (secondary N) is 1. The highest BCUT2D eigenvalue weighted by Gasteiger charge is 2.19. The Kier molecular flexibility index (Phi) is 4.18. The summed E-state index contributed by atoms with van der Waals surface area (Å²) in [5.74, 6) is -0.784. The molecule has 1 aromatic heterocycles. The van der Waals surface area contributed by atoms with Crippen LogP contribution in [0.25, 0.3) is 11.0 Å². The number of imidazole rings is 1. The molecule has 0 bridgehead atoms. The molecule has 0 aliphatic rings. The quantitative estimate of drug-likeness (QED) is 0.890. The van der Waals surface area contributed by atoms with Crippen molar-refractivity contribution in [1.82, 2.24) is 9.55 Å². The van der Waals surface area contributed by atoms with Gasteiger partial charge in [-0.2, -0.15) is 0 Å². The molecule has 2 rings (SSSR count). The summed E-state index contributed by atoms with van der Waals surface area (Å²) in [5.41, 5.74) is 1.65. The monoisotopic (exact) mass is 296 g/mol. The second-order valence-corrected chi connectivity index (χ2v) is 5.19. The summed E-state index contributed by atoms with van der Waals surface area (Å²) in [5, 5.41) is 9.40. The summed E-state index contributed by atoms with van der Waals surface area (Å²) < 4.78 is 1.25. The van der Waals surface area contributed by atoms with Gasteiger partial charge < -0.3 is 10.1 Å². The summed E-state index contributed by atoms with van der Waals surface area (Å²) in [6.07, 6.45) is 1.83. The number of carboxylic acids is 1. The molecular weight excluding hydrogens is 280 g/mol. The molecule has 1 heterocycles. The fraction of sp³-hybridized carbons (Fsp3) is 0.429. The fourth-order valence-corrected chi connectivity index (χ4v) is 2.81. The first-order chi connectivity index (χ1) is 9.49. The smallest absolute Gasteiger partial charge is 0.327 e. The maximum Gasteiger partial charge on any atom is 0.327 e. The summed E-state index contributed by atoms with van der Waals surface area (Å²) in [4.78, 5) is 25.6. The van der Waals surface area contributed by atoms with Gasteiger partial charge >= 0.3 is 11.7 Å². The molecule has 1 aromatic carbocycles. The highest BCUT2D eigenvalue weighted by molar-refractivity contribution is 6.35. The van der Waals surface area contributed by atoms with Crippen LogP contribution in [0.1, 0.15) is 38.2 Å². The van der Waals surface area contributed by atoms with Gasteiger partial charge in [-0.05, 0) is 30.4 Å². The van der Waals surface area contributed by atoms with Gasteiger partial charge in [0.25, 0.3) is 0 Å². The molecule has 0 aliphatic carbocycles. The Morgan fingerprint density at radius 1 is 1.40 bits per heavy atom. The number of halogens is 1. The molecule has 0 fully saturated rings. The van der Waals surface area contributed by atoms with Crippen molar-refractivity contribution in [2.75, 3.05) is 0 Å². The molecule has 0 atom stereocenters. The zero-order valence-electron chi connectivity index (χ0n) is 11.4. The number of aromatic nitrogens is 2. The van der Waals surface area contributed by atoms with Crippen LogP contribution in [0, 0.1) is 0 Å². The predicted octanol–water partition coefficient (Wildman–Crippen LogP) is 2.97. The molecule has 2 N–H and O–H groups in total. The van der Waals surface area contributed by atoms with Crippen LogP contribution in [0.5, 0.6) is 0 Å². The van der Waals surface area contributed by atoms with Crippen LogP contribution in [-0.4, -0.2) is 20.6 Å². The summed E-state index contributed by atoms with van der Waals surface area (Å²) >= 11 is 6.11. The van der Waals surface area contributed by atoms with Crippen molar-refractivity contribution in [3.05, 3.63) is 33.2 Å². The Labute approximate surface area is 121 Å². The van der Waals surface area contributed by atoms with Crippen molar-refractivity contribution in [2.45, 2.75) is 39.2 Å². The number of rotatable bonds is 5. The lowest BCUT2D eigenvalue weighted by molar-refractivity contribution is -0.137. The van der Waals surface area contributed by atoms with Crippen molar-refractivity contribution in [2.24, 2.45) is 0 Å². The number of hydrogen-bond acceptors (Lipinski definition) is 2. The van der Waals surface area contributed by atoms with E-state index in [1.807, 2.05) is 6.07 Å². The lowest BCUT2D eigenvalue weighted by atomic mass is 9.93. The van der Waals surface area contributed by atoms with E-state index in [0.717, 1.165) is 18.4 Å².